The van der Waals surface area contributed by atoms with Gasteiger partial charge in [-0.15, -0.1) is 0 Å². The van der Waals surface area contributed by atoms with Gasteiger partial charge in [0, 0.05) is 12.1 Å². The summed E-state index contributed by atoms with van der Waals surface area (Å²) < 4.78 is 0. The van der Waals surface area contributed by atoms with Crippen molar-refractivity contribution in [1.29, 1.82) is 0 Å². The normalized spacial score (nSPS) is 11.8. The van der Waals surface area contributed by atoms with E-state index in [-0.39, 0.29) is 22.1 Å². The van der Waals surface area contributed by atoms with Gasteiger partial charge in [-0.1, -0.05) is 70.9 Å². The molecule has 0 saturated carbocycles. The van der Waals surface area contributed by atoms with E-state index in [9.17, 15) is 19.8 Å². The lowest BCUT2D eigenvalue weighted by molar-refractivity contribution is -0.141. The fourth-order valence-corrected chi connectivity index (χ4v) is 3.87. The van der Waals surface area contributed by atoms with E-state index in [2.05, 4.69) is 10.3 Å². The number of benzene rings is 2. The Kier molecular flexibility index (Phi) is 6.74. The number of rotatable bonds is 8. The average molecular weight is 451 g/mol. The number of carboxylic acid groups (broad SMARTS) is 2. The van der Waals surface area contributed by atoms with E-state index in [0.717, 1.165) is 16.9 Å². The summed E-state index contributed by atoms with van der Waals surface area (Å²) >= 11 is 12.9. The van der Waals surface area contributed by atoms with Crippen molar-refractivity contribution in [2.24, 2.45) is 5.92 Å². The molecule has 9 heteroatoms. The minimum absolute atomic E-state index is 0.0285. The zero-order valence-corrected chi connectivity index (χ0v) is 17.3. The van der Waals surface area contributed by atoms with Crippen LogP contribution in [0.3, 0.4) is 0 Å². The van der Waals surface area contributed by atoms with Gasteiger partial charge < -0.3 is 15.5 Å². The summed E-state index contributed by atoms with van der Waals surface area (Å²) in [4.78, 5) is 27.6. The molecule has 2 aromatic carbocycles. The number of nitrogens with zero attached hydrogens (tertiary/aromatic N) is 1. The Hall–Kier alpha value is -2.61. The topological polar surface area (TPSA) is 99.5 Å². The lowest BCUT2D eigenvalue weighted by Gasteiger charge is -2.12. The van der Waals surface area contributed by atoms with Crippen molar-refractivity contribution in [2.75, 3.05) is 11.9 Å². The molecule has 0 aliphatic heterocycles. The van der Waals surface area contributed by atoms with Gasteiger partial charge >= 0.3 is 11.9 Å². The number of aromatic nitrogens is 1. The molecule has 0 aliphatic carbocycles. The van der Waals surface area contributed by atoms with Crippen LogP contribution in [-0.4, -0.2) is 33.7 Å². The SMILES string of the molecule is O=C(O)c1sc(NCC(Cc2ccccc2)C(=O)O)nc1-c1ccc(Cl)c(Cl)c1. The number of hydrogen-bond acceptors (Lipinski definition) is 5. The number of anilines is 1. The van der Waals surface area contributed by atoms with Crippen LogP contribution in [0, 0.1) is 5.92 Å². The fraction of sp³-hybridized carbons (Fsp3) is 0.150. The van der Waals surface area contributed by atoms with Gasteiger partial charge in [-0.25, -0.2) is 9.78 Å². The van der Waals surface area contributed by atoms with Crippen LogP contribution in [0.4, 0.5) is 5.13 Å². The Morgan fingerprint density at radius 2 is 1.79 bits per heavy atom. The molecule has 1 unspecified atom stereocenters. The van der Waals surface area contributed by atoms with Gasteiger partial charge in [0.15, 0.2) is 5.13 Å². The third kappa shape index (κ3) is 5.26. The summed E-state index contributed by atoms with van der Waals surface area (Å²) in [7, 11) is 0. The van der Waals surface area contributed by atoms with E-state index in [1.807, 2.05) is 30.3 Å². The van der Waals surface area contributed by atoms with E-state index in [1.54, 1.807) is 18.2 Å². The van der Waals surface area contributed by atoms with Crippen LogP contribution in [0.2, 0.25) is 10.0 Å². The summed E-state index contributed by atoms with van der Waals surface area (Å²) in [6.07, 6.45) is 0.347. The summed E-state index contributed by atoms with van der Waals surface area (Å²) in [6, 6.07) is 14.0. The minimum atomic E-state index is -1.13. The maximum Gasteiger partial charge on any atom is 0.348 e. The van der Waals surface area contributed by atoms with Crippen molar-refractivity contribution in [3.63, 3.8) is 0 Å². The van der Waals surface area contributed by atoms with Crippen molar-refractivity contribution < 1.29 is 19.8 Å². The second-order valence-electron chi connectivity index (χ2n) is 6.24. The Morgan fingerprint density at radius 1 is 1.07 bits per heavy atom. The second-order valence-corrected chi connectivity index (χ2v) is 8.05. The van der Waals surface area contributed by atoms with Gasteiger partial charge in [-0.3, -0.25) is 4.79 Å². The number of thiazole rings is 1. The lowest BCUT2D eigenvalue weighted by Crippen LogP contribution is -2.25. The summed E-state index contributed by atoms with van der Waals surface area (Å²) in [5, 5.41) is 23.0. The number of carbonyl (C=O) groups is 2. The molecule has 0 spiro atoms. The first kappa shape index (κ1) is 21.1. The number of halogens is 2. The van der Waals surface area contributed by atoms with E-state index < -0.39 is 17.9 Å². The van der Waals surface area contributed by atoms with Crippen molar-refractivity contribution in [3.8, 4) is 11.3 Å². The first-order valence-electron chi connectivity index (χ1n) is 8.55. The Morgan fingerprint density at radius 3 is 2.41 bits per heavy atom. The van der Waals surface area contributed by atoms with Crippen molar-refractivity contribution >= 4 is 51.6 Å². The standard InChI is InChI=1S/C20H16Cl2N2O4S/c21-14-7-6-12(9-15(14)22)16-17(19(27)28)29-20(24-16)23-10-13(18(25)26)8-11-4-2-1-3-5-11/h1-7,9,13H,8,10H2,(H,23,24)(H,25,26)(H,27,28). The molecule has 150 valence electrons. The summed E-state index contributed by atoms with van der Waals surface area (Å²) in [5.74, 6) is -2.76. The highest BCUT2D eigenvalue weighted by Crippen LogP contribution is 2.34. The minimum Gasteiger partial charge on any atom is -0.481 e. The molecule has 1 atom stereocenters. The molecule has 3 rings (SSSR count). The zero-order chi connectivity index (χ0) is 21.0. The molecule has 0 saturated heterocycles. The van der Waals surface area contributed by atoms with Crippen LogP contribution < -0.4 is 5.32 Å². The van der Waals surface area contributed by atoms with Gasteiger partial charge in [0.1, 0.15) is 4.88 Å². The van der Waals surface area contributed by atoms with Gasteiger partial charge in [0.25, 0.3) is 0 Å². The lowest BCUT2D eigenvalue weighted by atomic mass is 9.99. The zero-order valence-electron chi connectivity index (χ0n) is 14.9. The molecule has 29 heavy (non-hydrogen) atoms. The predicted molar refractivity (Wildman–Crippen MR) is 114 cm³/mol. The van der Waals surface area contributed by atoms with Crippen LogP contribution in [0.15, 0.2) is 48.5 Å². The van der Waals surface area contributed by atoms with Gasteiger partial charge in [-0.2, -0.15) is 0 Å². The Balaban J connectivity index is 1.80. The molecular weight excluding hydrogens is 435 g/mol. The number of hydrogen-bond donors (Lipinski definition) is 3. The Labute approximate surface area is 180 Å². The summed E-state index contributed by atoms with van der Waals surface area (Å²) in [5.41, 5.74) is 1.67. The van der Waals surface area contributed by atoms with Gasteiger partial charge in [-0.05, 0) is 24.1 Å². The second kappa shape index (κ2) is 9.26. The third-order valence-corrected chi connectivity index (χ3v) is 5.93. The van der Waals surface area contributed by atoms with E-state index in [4.69, 9.17) is 23.2 Å². The highest BCUT2D eigenvalue weighted by atomic mass is 35.5. The van der Waals surface area contributed by atoms with Crippen molar-refractivity contribution in [3.05, 3.63) is 69.0 Å². The number of nitrogens with one attached hydrogen (secondary N) is 1. The number of carboxylic acids is 2. The van der Waals surface area contributed by atoms with Crippen LogP contribution in [0.25, 0.3) is 11.3 Å². The molecule has 1 heterocycles. The fourth-order valence-electron chi connectivity index (χ4n) is 2.74. The third-order valence-electron chi connectivity index (χ3n) is 4.19. The van der Waals surface area contributed by atoms with Crippen LogP contribution in [-0.2, 0) is 11.2 Å². The van der Waals surface area contributed by atoms with Crippen molar-refractivity contribution in [1.82, 2.24) is 4.98 Å². The number of aromatic carboxylic acids is 1. The van der Waals surface area contributed by atoms with E-state index >= 15 is 0 Å². The van der Waals surface area contributed by atoms with Gasteiger partial charge in [0.05, 0.1) is 21.7 Å². The quantitative estimate of drug-likeness (QED) is 0.437. The predicted octanol–water partition coefficient (Wildman–Crippen LogP) is 5.17. The molecule has 0 aliphatic rings. The van der Waals surface area contributed by atoms with Crippen molar-refractivity contribution in [2.45, 2.75) is 6.42 Å². The highest BCUT2D eigenvalue weighted by Gasteiger charge is 2.22. The molecule has 0 fully saturated rings. The van der Waals surface area contributed by atoms with Crippen LogP contribution >= 0.6 is 34.5 Å². The number of aliphatic carboxylic acids is 1. The first-order valence-corrected chi connectivity index (χ1v) is 10.1. The van der Waals surface area contributed by atoms with Gasteiger partial charge in [0.2, 0.25) is 0 Å². The largest absolute Gasteiger partial charge is 0.481 e. The molecular formula is C20H16Cl2N2O4S. The molecule has 0 amide bonds. The molecule has 3 N–H and O–H groups in total. The average Bonchev–Trinajstić information content (AvgIpc) is 3.12. The monoisotopic (exact) mass is 450 g/mol. The smallest absolute Gasteiger partial charge is 0.348 e. The highest BCUT2D eigenvalue weighted by molar-refractivity contribution is 7.17. The summed E-state index contributed by atoms with van der Waals surface area (Å²) in [6.45, 7) is 0.109. The van der Waals surface area contributed by atoms with Crippen LogP contribution in [0.5, 0.6) is 0 Å². The maximum absolute atomic E-state index is 11.6. The molecule has 6 nitrogen and oxygen atoms in total. The first-order chi connectivity index (χ1) is 13.8. The molecule has 0 bridgehead atoms. The molecule has 3 aromatic rings. The van der Waals surface area contributed by atoms with E-state index in [1.165, 1.54) is 0 Å². The van der Waals surface area contributed by atoms with Crippen LogP contribution in [0.1, 0.15) is 15.2 Å². The maximum atomic E-state index is 11.6. The Bertz CT molecular complexity index is 1040. The molecule has 1 aromatic heterocycles. The van der Waals surface area contributed by atoms with E-state index in [0.29, 0.717) is 22.1 Å². The molecule has 0 radical (unpaired) electrons.